The van der Waals surface area contributed by atoms with E-state index in [2.05, 4.69) is 10.3 Å². The van der Waals surface area contributed by atoms with Gasteiger partial charge in [-0.25, -0.2) is 4.39 Å². The summed E-state index contributed by atoms with van der Waals surface area (Å²) >= 11 is 0. The number of nitrogens with zero attached hydrogens (tertiary/aromatic N) is 1. The van der Waals surface area contributed by atoms with Crippen LogP contribution in [-0.2, 0) is 0 Å². The summed E-state index contributed by atoms with van der Waals surface area (Å²) < 4.78 is 18.4. The van der Waals surface area contributed by atoms with E-state index >= 15 is 0 Å². The molecule has 0 amide bonds. The Hall–Kier alpha value is -1.58. The molecule has 2 rings (SSSR count). The number of halogens is 1. The van der Waals surface area contributed by atoms with Crippen LogP contribution in [0.15, 0.2) is 29.3 Å². The summed E-state index contributed by atoms with van der Waals surface area (Å²) in [5.74, 6) is -0.0346. The Kier molecular flexibility index (Phi) is 2.62. The quantitative estimate of drug-likeness (QED) is 0.784. The minimum atomic E-state index is -0.327. The lowest BCUT2D eigenvalue weighted by Crippen LogP contribution is -2.31. The molecule has 0 spiro atoms. The van der Waals surface area contributed by atoms with Gasteiger partial charge in [-0.05, 0) is 12.1 Å². The van der Waals surface area contributed by atoms with E-state index in [4.69, 9.17) is 4.74 Å². The summed E-state index contributed by atoms with van der Waals surface area (Å²) in [5, 5.41) is 3.01. The first-order valence-corrected chi connectivity index (χ1v) is 4.48. The largest absolute Gasteiger partial charge is 0.488 e. The smallest absolute Gasteiger partial charge is 0.165 e. The van der Waals surface area contributed by atoms with Crippen LogP contribution in [0.2, 0.25) is 0 Å². The van der Waals surface area contributed by atoms with Crippen LogP contribution in [0.3, 0.4) is 0 Å². The fourth-order valence-corrected chi connectivity index (χ4v) is 1.24. The molecule has 0 aromatic heterocycles. The molecule has 0 radical (unpaired) electrons. The molecule has 1 aliphatic heterocycles. The lowest BCUT2D eigenvalue weighted by Gasteiger charge is -2.11. The Morgan fingerprint density at radius 1 is 1.50 bits per heavy atom. The summed E-state index contributed by atoms with van der Waals surface area (Å²) in [5.41, 5.74) is 0. The Morgan fingerprint density at radius 2 is 2.36 bits per heavy atom. The van der Waals surface area contributed by atoms with Gasteiger partial charge in [-0.3, -0.25) is 4.99 Å². The molecule has 0 aliphatic carbocycles. The SMILES string of the molecule is Fc1ccccc1OCC1CN=CN1. The molecule has 0 fully saturated rings. The molecule has 1 heterocycles. The molecule has 0 bridgehead atoms. The van der Waals surface area contributed by atoms with E-state index in [0.29, 0.717) is 18.9 Å². The molecule has 3 nitrogen and oxygen atoms in total. The number of benzene rings is 1. The van der Waals surface area contributed by atoms with Gasteiger partial charge in [0, 0.05) is 0 Å². The average Bonchev–Trinajstić information content (AvgIpc) is 2.69. The van der Waals surface area contributed by atoms with E-state index in [9.17, 15) is 4.39 Å². The highest BCUT2D eigenvalue weighted by atomic mass is 19.1. The molecule has 74 valence electrons. The third-order valence-electron chi connectivity index (χ3n) is 2.00. The van der Waals surface area contributed by atoms with Crippen molar-refractivity contribution >= 4 is 6.34 Å². The molecule has 0 saturated heterocycles. The van der Waals surface area contributed by atoms with Crippen molar-refractivity contribution in [2.75, 3.05) is 13.2 Å². The first kappa shape index (κ1) is 8.99. The summed E-state index contributed by atoms with van der Waals surface area (Å²) in [6.45, 7) is 1.12. The molecule has 0 saturated carbocycles. The van der Waals surface area contributed by atoms with E-state index in [1.165, 1.54) is 6.07 Å². The van der Waals surface area contributed by atoms with Gasteiger partial charge in [-0.2, -0.15) is 0 Å². The number of hydrogen-bond donors (Lipinski definition) is 1. The van der Waals surface area contributed by atoms with Crippen LogP contribution in [0, 0.1) is 5.82 Å². The molecule has 1 atom stereocenters. The molecule has 1 aromatic rings. The Balaban J connectivity index is 1.88. The summed E-state index contributed by atoms with van der Waals surface area (Å²) in [6, 6.07) is 6.55. The van der Waals surface area contributed by atoms with E-state index in [-0.39, 0.29) is 11.9 Å². The van der Waals surface area contributed by atoms with Crippen LogP contribution in [0.4, 0.5) is 4.39 Å². The van der Waals surface area contributed by atoms with Crippen LogP contribution in [-0.4, -0.2) is 25.5 Å². The number of nitrogens with one attached hydrogen (secondary N) is 1. The van der Waals surface area contributed by atoms with Crippen molar-refractivity contribution in [3.05, 3.63) is 30.1 Å². The zero-order valence-electron chi connectivity index (χ0n) is 7.61. The van der Waals surface area contributed by atoms with Gasteiger partial charge in [-0.1, -0.05) is 12.1 Å². The van der Waals surface area contributed by atoms with Crippen LogP contribution in [0.5, 0.6) is 5.75 Å². The van der Waals surface area contributed by atoms with Crippen molar-refractivity contribution < 1.29 is 9.13 Å². The van der Waals surface area contributed by atoms with Gasteiger partial charge in [0.1, 0.15) is 6.61 Å². The molecule has 14 heavy (non-hydrogen) atoms. The van der Waals surface area contributed by atoms with Crippen molar-refractivity contribution in [3.63, 3.8) is 0 Å². The standard InChI is InChI=1S/C10H11FN2O/c11-9-3-1-2-4-10(9)14-6-8-5-12-7-13-8/h1-4,7-8H,5-6H2,(H,12,13). The second-order valence-electron chi connectivity index (χ2n) is 3.10. The second kappa shape index (κ2) is 4.09. The average molecular weight is 194 g/mol. The van der Waals surface area contributed by atoms with Gasteiger partial charge in [-0.15, -0.1) is 0 Å². The van der Waals surface area contributed by atoms with Crippen molar-refractivity contribution in [1.29, 1.82) is 0 Å². The zero-order chi connectivity index (χ0) is 9.80. The maximum absolute atomic E-state index is 13.1. The van der Waals surface area contributed by atoms with Gasteiger partial charge in [0.2, 0.25) is 0 Å². The highest BCUT2D eigenvalue weighted by Crippen LogP contribution is 2.15. The van der Waals surface area contributed by atoms with Gasteiger partial charge >= 0.3 is 0 Å². The Labute approximate surface area is 81.6 Å². The maximum atomic E-state index is 13.1. The molecule has 1 N–H and O–H groups in total. The van der Waals surface area contributed by atoms with E-state index in [1.807, 2.05) is 0 Å². The van der Waals surface area contributed by atoms with Crippen LogP contribution < -0.4 is 10.1 Å². The minimum Gasteiger partial charge on any atom is -0.488 e. The van der Waals surface area contributed by atoms with Crippen LogP contribution in [0.25, 0.3) is 0 Å². The monoisotopic (exact) mass is 194 g/mol. The van der Waals surface area contributed by atoms with E-state index < -0.39 is 0 Å². The lowest BCUT2D eigenvalue weighted by atomic mass is 10.3. The van der Waals surface area contributed by atoms with Crippen molar-refractivity contribution in [3.8, 4) is 5.75 Å². The third-order valence-corrected chi connectivity index (χ3v) is 2.00. The van der Waals surface area contributed by atoms with Gasteiger partial charge < -0.3 is 10.1 Å². The Morgan fingerprint density at radius 3 is 3.07 bits per heavy atom. The molecular weight excluding hydrogens is 183 g/mol. The predicted molar refractivity (Wildman–Crippen MR) is 52.2 cm³/mol. The summed E-state index contributed by atoms with van der Waals surface area (Å²) in [7, 11) is 0. The van der Waals surface area contributed by atoms with Crippen molar-refractivity contribution in [2.24, 2.45) is 4.99 Å². The maximum Gasteiger partial charge on any atom is 0.165 e. The second-order valence-corrected chi connectivity index (χ2v) is 3.10. The van der Waals surface area contributed by atoms with Gasteiger partial charge in [0.25, 0.3) is 0 Å². The number of rotatable bonds is 3. The molecule has 1 aromatic carbocycles. The zero-order valence-corrected chi connectivity index (χ0v) is 7.61. The number of hydrogen-bond acceptors (Lipinski definition) is 3. The highest BCUT2D eigenvalue weighted by Gasteiger charge is 2.11. The number of ether oxygens (including phenoxy) is 1. The topological polar surface area (TPSA) is 33.6 Å². The first-order valence-electron chi connectivity index (χ1n) is 4.48. The Bertz CT molecular complexity index is 333. The molecular formula is C10H11FN2O. The normalized spacial score (nSPS) is 19.4. The number of aliphatic imine (C=N–C) groups is 1. The fraction of sp³-hybridized carbons (Fsp3) is 0.300. The molecule has 1 aliphatic rings. The lowest BCUT2D eigenvalue weighted by molar-refractivity contribution is 0.273. The van der Waals surface area contributed by atoms with Crippen molar-refractivity contribution in [2.45, 2.75) is 6.04 Å². The highest BCUT2D eigenvalue weighted by molar-refractivity contribution is 5.57. The number of para-hydroxylation sites is 1. The predicted octanol–water partition coefficient (Wildman–Crippen LogP) is 1.20. The van der Waals surface area contributed by atoms with E-state index in [0.717, 1.165) is 0 Å². The summed E-state index contributed by atoms with van der Waals surface area (Å²) in [4.78, 5) is 3.99. The fourth-order valence-electron chi connectivity index (χ4n) is 1.24. The van der Waals surface area contributed by atoms with Gasteiger partial charge in [0.15, 0.2) is 11.6 Å². The minimum absolute atomic E-state index is 0.162. The van der Waals surface area contributed by atoms with Crippen LogP contribution >= 0.6 is 0 Å². The third kappa shape index (κ3) is 2.02. The summed E-state index contributed by atoms with van der Waals surface area (Å²) in [6.07, 6.45) is 1.65. The van der Waals surface area contributed by atoms with Crippen LogP contribution in [0.1, 0.15) is 0 Å². The van der Waals surface area contributed by atoms with Crippen molar-refractivity contribution in [1.82, 2.24) is 5.32 Å². The first-order chi connectivity index (χ1) is 6.86. The van der Waals surface area contributed by atoms with Gasteiger partial charge in [0.05, 0.1) is 18.9 Å². The molecule has 1 unspecified atom stereocenters. The van der Waals surface area contributed by atoms with E-state index in [1.54, 1.807) is 24.5 Å². The molecule has 4 heteroatoms.